The van der Waals surface area contributed by atoms with Crippen LogP contribution in [0.5, 0.6) is 0 Å². The van der Waals surface area contributed by atoms with Gasteiger partial charge in [0.05, 0.1) is 5.69 Å². The maximum Gasteiger partial charge on any atom is 0.289 e. The summed E-state index contributed by atoms with van der Waals surface area (Å²) >= 11 is 0. The van der Waals surface area contributed by atoms with Gasteiger partial charge >= 0.3 is 0 Å². The van der Waals surface area contributed by atoms with Crippen molar-refractivity contribution in [3.63, 3.8) is 0 Å². The summed E-state index contributed by atoms with van der Waals surface area (Å²) < 4.78 is 1.99. The third-order valence-corrected chi connectivity index (χ3v) is 5.74. The first-order valence-electron chi connectivity index (χ1n) is 10.4. The zero-order valence-electron chi connectivity index (χ0n) is 16.5. The molecule has 6 nitrogen and oxygen atoms in total. The third kappa shape index (κ3) is 3.81. The maximum absolute atomic E-state index is 13.0. The van der Waals surface area contributed by atoms with Crippen molar-refractivity contribution in [3.05, 3.63) is 52.6 Å². The van der Waals surface area contributed by atoms with E-state index in [-0.39, 0.29) is 11.8 Å². The van der Waals surface area contributed by atoms with Gasteiger partial charge in [0.15, 0.2) is 5.82 Å². The van der Waals surface area contributed by atoms with Crippen LogP contribution in [-0.4, -0.2) is 39.4 Å². The molecule has 0 unspecified atom stereocenters. The largest absolute Gasteiger partial charge is 0.347 e. The quantitative estimate of drug-likeness (QED) is 0.886. The molecule has 0 aliphatic carbocycles. The molecule has 2 amide bonds. The number of carbonyl (C=O) groups excluding carboxylic acids is 2. The van der Waals surface area contributed by atoms with Gasteiger partial charge in [-0.05, 0) is 51.0 Å². The highest BCUT2D eigenvalue weighted by molar-refractivity contribution is 5.97. The van der Waals surface area contributed by atoms with Crippen molar-refractivity contribution < 1.29 is 9.59 Å². The monoisotopic (exact) mass is 380 g/mol. The van der Waals surface area contributed by atoms with Crippen LogP contribution < -0.4 is 5.32 Å². The van der Waals surface area contributed by atoms with E-state index in [0.29, 0.717) is 18.1 Å². The lowest BCUT2D eigenvalue weighted by atomic mass is 10.1. The number of fused-ring (bicyclic) bond motifs is 1. The normalized spacial score (nSPS) is 16.5. The fourth-order valence-corrected chi connectivity index (χ4v) is 4.10. The first-order chi connectivity index (χ1) is 13.6. The summed E-state index contributed by atoms with van der Waals surface area (Å²) in [6.45, 7) is 4.84. The minimum absolute atomic E-state index is 0.0274. The predicted octanol–water partition coefficient (Wildman–Crippen LogP) is 3.08. The number of nitrogens with zero attached hydrogens (tertiary/aromatic N) is 3. The molecule has 0 saturated carbocycles. The van der Waals surface area contributed by atoms with Gasteiger partial charge < -0.3 is 14.8 Å². The second-order valence-electron chi connectivity index (χ2n) is 7.86. The number of amides is 2. The number of piperidine rings is 1. The standard InChI is InChI=1S/C22H28N4O2/c1-16-8-10-17(11-9-16)15-23-21(27)19-18-7-3-6-14-26(18)20(24-19)22(28)25-12-4-2-5-13-25/h8-11H,2-7,12-15H2,1H3,(H,23,27). The molecule has 0 atom stereocenters. The molecule has 2 aliphatic rings. The molecular weight excluding hydrogens is 352 g/mol. The van der Waals surface area contributed by atoms with Crippen molar-refractivity contribution in [2.45, 2.75) is 58.5 Å². The highest BCUT2D eigenvalue weighted by atomic mass is 16.2. The van der Waals surface area contributed by atoms with Gasteiger partial charge in [0.25, 0.3) is 11.8 Å². The summed E-state index contributed by atoms with van der Waals surface area (Å²) in [6.07, 6.45) is 6.12. The Kier molecular flexibility index (Phi) is 5.46. The Hall–Kier alpha value is -2.63. The Labute approximate surface area is 165 Å². The summed E-state index contributed by atoms with van der Waals surface area (Å²) in [7, 11) is 0. The first kappa shape index (κ1) is 18.7. The lowest BCUT2D eigenvalue weighted by molar-refractivity contribution is 0.0705. The highest BCUT2D eigenvalue weighted by Crippen LogP contribution is 2.23. The molecule has 3 heterocycles. The van der Waals surface area contributed by atoms with Crippen LogP contribution in [0.15, 0.2) is 24.3 Å². The lowest BCUT2D eigenvalue weighted by Gasteiger charge is -2.27. The number of benzene rings is 1. The van der Waals surface area contributed by atoms with Crippen LogP contribution in [0, 0.1) is 6.92 Å². The molecule has 4 rings (SSSR count). The molecule has 1 N–H and O–H groups in total. The van der Waals surface area contributed by atoms with Crippen molar-refractivity contribution in [1.29, 1.82) is 0 Å². The van der Waals surface area contributed by atoms with E-state index in [1.807, 2.05) is 40.7 Å². The Morgan fingerprint density at radius 3 is 2.46 bits per heavy atom. The van der Waals surface area contributed by atoms with Gasteiger partial charge in [0.2, 0.25) is 0 Å². The van der Waals surface area contributed by atoms with Crippen molar-refractivity contribution in [2.24, 2.45) is 0 Å². The van der Waals surface area contributed by atoms with Gasteiger partial charge in [-0.1, -0.05) is 29.8 Å². The summed E-state index contributed by atoms with van der Waals surface area (Å²) in [6, 6.07) is 8.11. The van der Waals surface area contributed by atoms with Crippen LogP contribution in [0.2, 0.25) is 0 Å². The van der Waals surface area contributed by atoms with Gasteiger partial charge in [-0.3, -0.25) is 9.59 Å². The van der Waals surface area contributed by atoms with Crippen LogP contribution >= 0.6 is 0 Å². The number of imidazole rings is 1. The fraction of sp³-hybridized carbons (Fsp3) is 0.500. The molecule has 148 valence electrons. The number of aromatic nitrogens is 2. The van der Waals surface area contributed by atoms with E-state index in [4.69, 9.17) is 0 Å². The number of likely N-dealkylation sites (tertiary alicyclic amines) is 1. The number of aryl methyl sites for hydroxylation is 1. The molecule has 2 aromatic rings. The molecule has 28 heavy (non-hydrogen) atoms. The molecule has 2 aliphatic heterocycles. The van der Waals surface area contributed by atoms with E-state index in [2.05, 4.69) is 10.3 Å². The zero-order valence-corrected chi connectivity index (χ0v) is 16.5. The van der Waals surface area contributed by atoms with Crippen molar-refractivity contribution in [2.75, 3.05) is 13.1 Å². The smallest absolute Gasteiger partial charge is 0.289 e. The van der Waals surface area contributed by atoms with E-state index in [9.17, 15) is 9.59 Å². The molecule has 1 aromatic heterocycles. The second-order valence-corrected chi connectivity index (χ2v) is 7.86. The number of rotatable bonds is 4. The average Bonchev–Trinajstić information content (AvgIpc) is 3.13. The van der Waals surface area contributed by atoms with Crippen LogP contribution in [0.3, 0.4) is 0 Å². The second kappa shape index (κ2) is 8.17. The molecule has 1 saturated heterocycles. The van der Waals surface area contributed by atoms with Crippen molar-refractivity contribution in [3.8, 4) is 0 Å². The summed E-state index contributed by atoms with van der Waals surface area (Å²) in [5.74, 6) is 0.224. The molecular formula is C22H28N4O2. The van der Waals surface area contributed by atoms with Crippen LogP contribution in [0.25, 0.3) is 0 Å². The minimum Gasteiger partial charge on any atom is -0.347 e. The molecule has 1 aromatic carbocycles. The van der Waals surface area contributed by atoms with Crippen molar-refractivity contribution in [1.82, 2.24) is 19.8 Å². The van der Waals surface area contributed by atoms with E-state index in [1.54, 1.807) is 0 Å². The molecule has 0 bridgehead atoms. The van der Waals surface area contributed by atoms with Crippen LogP contribution in [0.1, 0.15) is 70.0 Å². The predicted molar refractivity (Wildman–Crippen MR) is 107 cm³/mol. The van der Waals surface area contributed by atoms with E-state index >= 15 is 0 Å². The topological polar surface area (TPSA) is 67.2 Å². The number of hydrogen-bond acceptors (Lipinski definition) is 3. The lowest BCUT2D eigenvalue weighted by Crippen LogP contribution is -2.37. The highest BCUT2D eigenvalue weighted by Gasteiger charge is 2.30. The summed E-state index contributed by atoms with van der Waals surface area (Å²) in [5, 5.41) is 2.98. The van der Waals surface area contributed by atoms with Crippen molar-refractivity contribution >= 4 is 11.8 Å². The molecule has 0 spiro atoms. The van der Waals surface area contributed by atoms with E-state index in [1.165, 1.54) is 12.0 Å². The Balaban J connectivity index is 1.54. The first-order valence-corrected chi connectivity index (χ1v) is 10.4. The Bertz CT molecular complexity index is 863. The van der Waals surface area contributed by atoms with Gasteiger partial charge in [-0.2, -0.15) is 0 Å². The average molecular weight is 380 g/mol. The zero-order chi connectivity index (χ0) is 19.5. The number of nitrogens with one attached hydrogen (secondary N) is 1. The van der Waals surface area contributed by atoms with E-state index < -0.39 is 0 Å². The fourth-order valence-electron chi connectivity index (χ4n) is 4.10. The SMILES string of the molecule is Cc1ccc(CNC(=O)c2nc(C(=O)N3CCCCC3)n3c2CCCC3)cc1. The summed E-state index contributed by atoms with van der Waals surface area (Å²) in [4.78, 5) is 32.3. The van der Waals surface area contributed by atoms with Crippen LogP contribution in [-0.2, 0) is 19.5 Å². The Morgan fingerprint density at radius 2 is 1.71 bits per heavy atom. The minimum atomic E-state index is -0.191. The third-order valence-electron chi connectivity index (χ3n) is 5.74. The van der Waals surface area contributed by atoms with Crippen LogP contribution in [0.4, 0.5) is 0 Å². The van der Waals surface area contributed by atoms with E-state index in [0.717, 1.165) is 63.0 Å². The van der Waals surface area contributed by atoms with Gasteiger partial charge in [0, 0.05) is 26.2 Å². The van der Waals surface area contributed by atoms with Gasteiger partial charge in [-0.25, -0.2) is 4.98 Å². The summed E-state index contributed by atoms with van der Waals surface area (Å²) in [5.41, 5.74) is 3.58. The van der Waals surface area contributed by atoms with Gasteiger partial charge in [-0.15, -0.1) is 0 Å². The molecule has 6 heteroatoms. The number of carbonyl (C=O) groups is 2. The molecule has 0 radical (unpaired) electrons. The molecule has 1 fully saturated rings. The maximum atomic E-state index is 13.0. The Morgan fingerprint density at radius 1 is 1.00 bits per heavy atom. The van der Waals surface area contributed by atoms with Gasteiger partial charge in [0.1, 0.15) is 5.69 Å². The number of hydrogen-bond donors (Lipinski definition) is 1.